The summed E-state index contributed by atoms with van der Waals surface area (Å²) in [6.07, 6.45) is 5.42. The summed E-state index contributed by atoms with van der Waals surface area (Å²) in [5.41, 5.74) is 0.302. The van der Waals surface area contributed by atoms with E-state index in [1.54, 1.807) is 16.7 Å². The zero-order valence-electron chi connectivity index (χ0n) is 19.8. The second kappa shape index (κ2) is 10.8. The number of benzene rings is 1. The number of carbonyl (C=O) groups is 1. The molecule has 2 aliphatic rings. The molecule has 7 nitrogen and oxygen atoms in total. The molecule has 5 rings (SSSR count). The van der Waals surface area contributed by atoms with Crippen LogP contribution >= 0.6 is 23.4 Å². The Labute approximate surface area is 217 Å². The van der Waals surface area contributed by atoms with E-state index in [1.807, 2.05) is 23.9 Å². The topological polar surface area (TPSA) is 86.0 Å². The minimum atomic E-state index is -0.595. The number of hydrogen-bond donors (Lipinski definition) is 1. The van der Waals surface area contributed by atoms with E-state index in [0.717, 1.165) is 36.1 Å². The lowest BCUT2D eigenvalue weighted by atomic mass is 9.90. The number of thioether (sulfide) groups is 1. The number of nitrogens with zero attached hydrogens (tertiary/aromatic N) is 3. The van der Waals surface area contributed by atoms with Crippen molar-refractivity contribution in [2.45, 2.75) is 63.1 Å². The lowest BCUT2D eigenvalue weighted by Gasteiger charge is -2.31. The number of aromatic nitrogens is 3. The van der Waals surface area contributed by atoms with Crippen LogP contribution in [0.3, 0.4) is 0 Å². The number of hydrogen-bond acceptors (Lipinski definition) is 5. The summed E-state index contributed by atoms with van der Waals surface area (Å²) in [7, 11) is 0. The van der Waals surface area contributed by atoms with Crippen molar-refractivity contribution >= 4 is 40.3 Å². The number of pyridine rings is 1. The van der Waals surface area contributed by atoms with Crippen LogP contribution in [0, 0.1) is 5.82 Å². The summed E-state index contributed by atoms with van der Waals surface area (Å²) >= 11 is 7.76. The molecule has 1 saturated heterocycles. The number of halogens is 2. The van der Waals surface area contributed by atoms with E-state index in [-0.39, 0.29) is 47.2 Å². The van der Waals surface area contributed by atoms with Crippen LogP contribution in [-0.4, -0.2) is 37.6 Å². The molecule has 3 aromatic rings. The SMILES string of the molecule is O=C(Cc1ccc(Cl)cc1)N[C@H]1CC[C@@H](n2c(=O)c3cc(F)cnc3n(C3CCSCC3)c2=O)CC1. The fourth-order valence-electron chi connectivity index (χ4n) is 5.34. The first-order valence-corrected chi connectivity index (χ1v) is 13.9. The number of fused-ring (bicyclic) bond motifs is 1. The average Bonchev–Trinajstić information content (AvgIpc) is 2.87. The number of rotatable bonds is 5. The summed E-state index contributed by atoms with van der Waals surface area (Å²) in [4.78, 5) is 43.7. The predicted octanol–water partition coefficient (Wildman–Crippen LogP) is 4.26. The van der Waals surface area contributed by atoms with Gasteiger partial charge in [0.05, 0.1) is 18.0 Å². The molecule has 0 bridgehead atoms. The van der Waals surface area contributed by atoms with Gasteiger partial charge in [0, 0.05) is 23.1 Å². The monoisotopic (exact) mass is 530 g/mol. The number of carbonyl (C=O) groups excluding carboxylic acids is 1. The molecule has 1 N–H and O–H groups in total. The highest BCUT2D eigenvalue weighted by molar-refractivity contribution is 7.99. The Kier molecular flexibility index (Phi) is 7.48. The summed E-state index contributed by atoms with van der Waals surface area (Å²) < 4.78 is 17.0. The smallest absolute Gasteiger partial charge is 0.333 e. The van der Waals surface area contributed by atoms with E-state index in [0.29, 0.717) is 30.7 Å². The Morgan fingerprint density at radius 1 is 1.03 bits per heavy atom. The van der Waals surface area contributed by atoms with Gasteiger partial charge in [0.15, 0.2) is 0 Å². The van der Waals surface area contributed by atoms with Crippen molar-refractivity contribution in [2.24, 2.45) is 0 Å². The first-order valence-electron chi connectivity index (χ1n) is 12.3. The van der Waals surface area contributed by atoms with E-state index in [4.69, 9.17) is 11.6 Å². The number of amides is 1. The van der Waals surface area contributed by atoms with Crippen LogP contribution in [0.1, 0.15) is 56.2 Å². The van der Waals surface area contributed by atoms with Crippen LogP contribution in [0.4, 0.5) is 4.39 Å². The molecule has 1 aliphatic carbocycles. The highest BCUT2D eigenvalue weighted by atomic mass is 35.5. The Morgan fingerprint density at radius 3 is 2.39 bits per heavy atom. The van der Waals surface area contributed by atoms with Crippen LogP contribution in [0.5, 0.6) is 0 Å². The molecule has 2 fully saturated rings. The molecule has 3 heterocycles. The minimum absolute atomic E-state index is 0.0195. The van der Waals surface area contributed by atoms with Gasteiger partial charge in [0.1, 0.15) is 11.5 Å². The van der Waals surface area contributed by atoms with Crippen molar-refractivity contribution in [1.29, 1.82) is 0 Å². The zero-order chi connectivity index (χ0) is 25.2. The van der Waals surface area contributed by atoms with E-state index in [2.05, 4.69) is 10.3 Å². The lowest BCUT2D eigenvalue weighted by molar-refractivity contribution is -0.121. The molecule has 10 heteroatoms. The van der Waals surface area contributed by atoms with Gasteiger partial charge >= 0.3 is 5.69 Å². The largest absolute Gasteiger partial charge is 0.353 e. The Hall–Kier alpha value is -2.65. The third-order valence-electron chi connectivity index (χ3n) is 7.18. The van der Waals surface area contributed by atoms with E-state index < -0.39 is 11.4 Å². The van der Waals surface area contributed by atoms with Gasteiger partial charge in [-0.1, -0.05) is 23.7 Å². The lowest BCUT2D eigenvalue weighted by Crippen LogP contribution is -2.46. The summed E-state index contributed by atoms with van der Waals surface area (Å²) in [5.74, 6) is 1.20. The second-order valence-corrected chi connectivity index (χ2v) is 11.2. The standard InChI is InChI=1S/C26H28ClFN4O3S/c27-17-3-1-16(2-4-17)13-23(33)30-19-5-7-20(8-6-19)32-25(34)22-14-18(28)15-29-24(22)31(26(32)35)21-9-11-36-12-10-21/h1-4,14-15,19-21H,5-13H2,(H,30,33)/t19-,20+. The van der Waals surface area contributed by atoms with Gasteiger partial charge in [-0.05, 0) is 73.8 Å². The summed E-state index contributed by atoms with van der Waals surface area (Å²) in [5, 5.41) is 3.85. The quantitative estimate of drug-likeness (QED) is 0.532. The third-order valence-corrected chi connectivity index (χ3v) is 8.48. The molecular formula is C26H28ClFN4O3S. The Morgan fingerprint density at radius 2 is 1.69 bits per heavy atom. The molecule has 0 atom stereocenters. The van der Waals surface area contributed by atoms with Gasteiger partial charge in [0.25, 0.3) is 5.56 Å². The van der Waals surface area contributed by atoms with Crippen molar-refractivity contribution in [3.63, 3.8) is 0 Å². The molecule has 1 amide bonds. The molecule has 0 spiro atoms. The van der Waals surface area contributed by atoms with Crippen LogP contribution in [0.25, 0.3) is 11.0 Å². The van der Waals surface area contributed by atoms with Crippen LogP contribution in [0.15, 0.2) is 46.1 Å². The molecule has 190 valence electrons. The fraction of sp³-hybridized carbons (Fsp3) is 0.462. The van der Waals surface area contributed by atoms with E-state index in [9.17, 15) is 18.8 Å². The summed E-state index contributed by atoms with van der Waals surface area (Å²) in [6.45, 7) is 0. The number of nitrogens with one attached hydrogen (secondary N) is 1. The van der Waals surface area contributed by atoms with Crippen LogP contribution in [-0.2, 0) is 11.2 Å². The molecule has 2 aromatic heterocycles. The van der Waals surface area contributed by atoms with Crippen molar-refractivity contribution < 1.29 is 9.18 Å². The van der Waals surface area contributed by atoms with Crippen LogP contribution in [0.2, 0.25) is 5.02 Å². The van der Waals surface area contributed by atoms with Gasteiger partial charge in [-0.2, -0.15) is 11.8 Å². The zero-order valence-corrected chi connectivity index (χ0v) is 21.4. The molecular weight excluding hydrogens is 503 g/mol. The van der Waals surface area contributed by atoms with E-state index in [1.165, 1.54) is 10.6 Å². The van der Waals surface area contributed by atoms with Gasteiger partial charge in [-0.15, -0.1) is 0 Å². The second-order valence-electron chi connectivity index (χ2n) is 9.57. The normalized spacial score (nSPS) is 20.9. The maximum Gasteiger partial charge on any atom is 0.333 e. The highest BCUT2D eigenvalue weighted by Gasteiger charge is 2.29. The summed E-state index contributed by atoms with van der Waals surface area (Å²) in [6, 6.07) is 8.00. The first-order chi connectivity index (χ1) is 17.4. The maximum absolute atomic E-state index is 14.1. The van der Waals surface area contributed by atoms with Crippen molar-refractivity contribution in [1.82, 2.24) is 19.4 Å². The first kappa shape index (κ1) is 25.0. The van der Waals surface area contributed by atoms with Crippen molar-refractivity contribution in [3.05, 3.63) is 73.8 Å². The highest BCUT2D eigenvalue weighted by Crippen LogP contribution is 2.30. The van der Waals surface area contributed by atoms with Crippen molar-refractivity contribution in [2.75, 3.05) is 11.5 Å². The molecule has 0 radical (unpaired) electrons. The Balaban J connectivity index is 1.36. The third kappa shape index (κ3) is 5.22. The molecule has 1 aromatic carbocycles. The maximum atomic E-state index is 14.1. The van der Waals surface area contributed by atoms with Gasteiger partial charge in [-0.3, -0.25) is 18.7 Å². The molecule has 1 saturated carbocycles. The van der Waals surface area contributed by atoms with Gasteiger partial charge in [-0.25, -0.2) is 14.2 Å². The van der Waals surface area contributed by atoms with Gasteiger partial charge in [0.2, 0.25) is 5.91 Å². The molecule has 0 unspecified atom stereocenters. The molecule has 36 heavy (non-hydrogen) atoms. The fourth-order valence-corrected chi connectivity index (χ4v) is 6.55. The van der Waals surface area contributed by atoms with Gasteiger partial charge < -0.3 is 5.32 Å². The van der Waals surface area contributed by atoms with E-state index >= 15 is 0 Å². The Bertz CT molecular complexity index is 1380. The van der Waals surface area contributed by atoms with Crippen LogP contribution < -0.4 is 16.6 Å². The predicted molar refractivity (Wildman–Crippen MR) is 140 cm³/mol. The van der Waals surface area contributed by atoms with Crippen molar-refractivity contribution in [3.8, 4) is 0 Å². The minimum Gasteiger partial charge on any atom is -0.353 e. The average molecular weight is 531 g/mol. The molecule has 1 aliphatic heterocycles.